The molecule has 0 saturated heterocycles. The summed E-state index contributed by atoms with van der Waals surface area (Å²) in [6, 6.07) is 0. The average molecular weight is 351 g/mol. The molecular weight excluding hydrogens is 304 g/mol. The van der Waals surface area contributed by atoms with Gasteiger partial charge in [0.15, 0.2) is 0 Å². The van der Waals surface area contributed by atoms with Crippen molar-refractivity contribution in [1.82, 2.24) is 0 Å². The van der Waals surface area contributed by atoms with E-state index in [0.29, 0.717) is 0 Å². The quantitative estimate of drug-likeness (QED) is 0.115. The number of aldehydes is 1. The van der Waals surface area contributed by atoms with Crippen molar-refractivity contribution >= 4 is 6.29 Å². The van der Waals surface area contributed by atoms with Crippen LogP contribution in [-0.4, -0.2) is 6.29 Å². The molecule has 0 spiro atoms. The van der Waals surface area contributed by atoms with E-state index >= 15 is 0 Å². The highest BCUT2D eigenvalue weighted by Crippen LogP contribution is 2.13. The van der Waals surface area contributed by atoms with Gasteiger partial charge in [0.1, 0.15) is 6.29 Å². The van der Waals surface area contributed by atoms with Crippen LogP contribution >= 0.6 is 0 Å². The van der Waals surface area contributed by atoms with E-state index in [1.54, 1.807) is 0 Å². The third-order valence-corrected chi connectivity index (χ3v) is 5.08. The third-order valence-electron chi connectivity index (χ3n) is 5.08. The van der Waals surface area contributed by atoms with E-state index in [0.717, 1.165) is 19.1 Å². The Labute approximate surface area is 159 Å². The van der Waals surface area contributed by atoms with Gasteiger partial charge in [-0.2, -0.15) is 0 Å². The molecule has 0 rings (SSSR count). The largest absolute Gasteiger partial charge is 0.303 e. The lowest BCUT2D eigenvalue weighted by Gasteiger charge is -2.02. The maximum absolute atomic E-state index is 10.2. The van der Waals surface area contributed by atoms with E-state index in [2.05, 4.69) is 19.1 Å². The fourth-order valence-electron chi connectivity index (χ4n) is 3.36. The molecule has 0 aliphatic rings. The summed E-state index contributed by atoms with van der Waals surface area (Å²) in [4.78, 5) is 10.2. The number of unbranched alkanes of at least 4 members (excludes halogenated alkanes) is 18. The van der Waals surface area contributed by atoms with Crippen molar-refractivity contribution in [3.05, 3.63) is 12.2 Å². The molecule has 0 aromatic rings. The zero-order valence-corrected chi connectivity index (χ0v) is 17.3. The zero-order chi connectivity index (χ0) is 18.3. The second kappa shape index (κ2) is 23.4. The first-order valence-electron chi connectivity index (χ1n) is 11.5. The van der Waals surface area contributed by atoms with Crippen LogP contribution in [0.1, 0.15) is 135 Å². The van der Waals surface area contributed by atoms with Crippen LogP contribution < -0.4 is 0 Å². The van der Waals surface area contributed by atoms with Gasteiger partial charge in [-0.15, -0.1) is 0 Å². The SMILES string of the molecule is CCCCCCCCCCCCCCCCC=CCCCCCC=O. The first-order chi connectivity index (χ1) is 12.4. The molecule has 0 radical (unpaired) electrons. The molecule has 1 heteroatoms. The average Bonchev–Trinajstić information content (AvgIpc) is 2.63. The van der Waals surface area contributed by atoms with Crippen LogP contribution in [0, 0.1) is 0 Å². The fourth-order valence-corrected chi connectivity index (χ4v) is 3.36. The minimum absolute atomic E-state index is 0.739. The lowest BCUT2D eigenvalue weighted by Crippen LogP contribution is -1.83. The molecule has 0 heterocycles. The van der Waals surface area contributed by atoms with Gasteiger partial charge in [0.05, 0.1) is 0 Å². The maximum Gasteiger partial charge on any atom is 0.119 e. The van der Waals surface area contributed by atoms with Gasteiger partial charge in [-0.3, -0.25) is 0 Å². The van der Waals surface area contributed by atoms with E-state index < -0.39 is 0 Å². The highest BCUT2D eigenvalue weighted by atomic mass is 16.1. The lowest BCUT2D eigenvalue weighted by molar-refractivity contribution is -0.107. The number of rotatable bonds is 21. The van der Waals surface area contributed by atoms with Crippen LogP contribution in [0.3, 0.4) is 0 Å². The summed E-state index contributed by atoms with van der Waals surface area (Å²) in [5, 5.41) is 0. The smallest absolute Gasteiger partial charge is 0.119 e. The Morgan fingerprint density at radius 3 is 1.16 bits per heavy atom. The minimum atomic E-state index is 0.739. The van der Waals surface area contributed by atoms with Crippen molar-refractivity contribution < 1.29 is 4.79 Å². The van der Waals surface area contributed by atoms with E-state index in [-0.39, 0.29) is 0 Å². The van der Waals surface area contributed by atoms with E-state index in [1.807, 2.05) is 0 Å². The minimum Gasteiger partial charge on any atom is -0.303 e. The van der Waals surface area contributed by atoms with E-state index in [9.17, 15) is 4.79 Å². The Morgan fingerprint density at radius 2 is 0.760 bits per heavy atom. The molecule has 148 valence electrons. The maximum atomic E-state index is 10.2. The molecule has 1 nitrogen and oxygen atoms in total. The highest BCUT2D eigenvalue weighted by Gasteiger charge is 1.93. The summed E-state index contributed by atoms with van der Waals surface area (Å²) in [6.45, 7) is 2.29. The predicted molar refractivity (Wildman–Crippen MR) is 113 cm³/mol. The summed E-state index contributed by atoms with van der Waals surface area (Å²) in [7, 11) is 0. The van der Waals surface area contributed by atoms with Gasteiger partial charge < -0.3 is 4.79 Å². The summed E-state index contributed by atoms with van der Waals surface area (Å²) < 4.78 is 0. The number of hydrogen-bond acceptors (Lipinski definition) is 1. The van der Waals surface area contributed by atoms with Crippen LogP contribution in [0.5, 0.6) is 0 Å². The number of hydrogen-bond donors (Lipinski definition) is 0. The highest BCUT2D eigenvalue weighted by molar-refractivity contribution is 5.48. The summed E-state index contributed by atoms with van der Waals surface area (Å²) in [6.07, 6.45) is 32.5. The molecule has 0 atom stereocenters. The van der Waals surface area contributed by atoms with Crippen LogP contribution in [0.15, 0.2) is 12.2 Å². The molecule has 25 heavy (non-hydrogen) atoms. The molecule has 0 N–H and O–H groups in total. The standard InChI is InChI=1S/C24H46O/c1-2-3-4-5-6-7-8-9-10-11-12-13-14-15-16-17-18-19-20-21-22-23-24-25/h17-18,24H,2-16,19-23H2,1H3. The van der Waals surface area contributed by atoms with Gasteiger partial charge in [-0.25, -0.2) is 0 Å². The molecule has 0 amide bonds. The predicted octanol–water partition coefficient (Wildman–Crippen LogP) is 8.56. The van der Waals surface area contributed by atoms with E-state index in [4.69, 9.17) is 0 Å². The Morgan fingerprint density at radius 1 is 0.440 bits per heavy atom. The van der Waals surface area contributed by atoms with Gasteiger partial charge in [0.25, 0.3) is 0 Å². The van der Waals surface area contributed by atoms with Gasteiger partial charge in [-0.05, 0) is 32.1 Å². The zero-order valence-electron chi connectivity index (χ0n) is 17.3. The molecule has 0 saturated carbocycles. The third kappa shape index (κ3) is 23.4. The first kappa shape index (κ1) is 24.4. The Hall–Kier alpha value is -0.590. The van der Waals surface area contributed by atoms with E-state index in [1.165, 1.54) is 116 Å². The molecular formula is C24H46O. The number of carbonyl (C=O) groups is 1. The van der Waals surface area contributed by atoms with Gasteiger partial charge in [0.2, 0.25) is 0 Å². The second-order valence-corrected chi connectivity index (χ2v) is 7.66. The fraction of sp³-hybridized carbons (Fsp3) is 0.875. The number of allylic oxidation sites excluding steroid dienone is 2. The monoisotopic (exact) mass is 350 g/mol. The van der Waals surface area contributed by atoms with Crippen LogP contribution in [0.4, 0.5) is 0 Å². The summed E-state index contributed by atoms with van der Waals surface area (Å²) >= 11 is 0. The first-order valence-corrected chi connectivity index (χ1v) is 11.5. The van der Waals surface area contributed by atoms with Gasteiger partial charge in [0, 0.05) is 6.42 Å². The molecule has 0 aromatic heterocycles. The Bertz CT molecular complexity index is 269. The van der Waals surface area contributed by atoms with Crippen molar-refractivity contribution in [3.63, 3.8) is 0 Å². The molecule has 0 unspecified atom stereocenters. The van der Waals surface area contributed by atoms with Crippen LogP contribution in [0.25, 0.3) is 0 Å². The molecule has 0 aliphatic heterocycles. The Balaban J connectivity index is 3.03. The molecule has 0 fully saturated rings. The van der Waals surface area contributed by atoms with Crippen molar-refractivity contribution in [1.29, 1.82) is 0 Å². The van der Waals surface area contributed by atoms with Crippen molar-refractivity contribution in [2.75, 3.05) is 0 Å². The molecule has 0 bridgehead atoms. The summed E-state index contributed by atoms with van der Waals surface area (Å²) in [5.41, 5.74) is 0. The van der Waals surface area contributed by atoms with Crippen LogP contribution in [-0.2, 0) is 4.79 Å². The van der Waals surface area contributed by atoms with Crippen molar-refractivity contribution in [2.24, 2.45) is 0 Å². The normalized spacial score (nSPS) is 11.4. The summed E-state index contributed by atoms with van der Waals surface area (Å²) in [5.74, 6) is 0. The topological polar surface area (TPSA) is 17.1 Å². The molecule has 0 aliphatic carbocycles. The second-order valence-electron chi connectivity index (χ2n) is 7.66. The lowest BCUT2D eigenvalue weighted by atomic mass is 10.0. The van der Waals surface area contributed by atoms with Gasteiger partial charge >= 0.3 is 0 Å². The Kier molecular flexibility index (Phi) is 22.9. The molecule has 0 aromatic carbocycles. The van der Waals surface area contributed by atoms with Crippen molar-refractivity contribution in [3.8, 4) is 0 Å². The van der Waals surface area contributed by atoms with Crippen molar-refractivity contribution in [2.45, 2.75) is 135 Å². The van der Waals surface area contributed by atoms with Gasteiger partial charge in [-0.1, -0.05) is 109 Å². The van der Waals surface area contributed by atoms with Crippen LogP contribution in [0.2, 0.25) is 0 Å². The number of carbonyl (C=O) groups excluding carboxylic acids is 1.